The van der Waals surface area contributed by atoms with Gasteiger partial charge in [-0.1, -0.05) is 30.3 Å². The Balaban J connectivity index is 1.58. The van der Waals surface area contributed by atoms with E-state index in [2.05, 4.69) is 10.3 Å². The maximum absolute atomic E-state index is 13.4. The average Bonchev–Trinajstić information content (AvgIpc) is 2.75. The zero-order chi connectivity index (χ0) is 21.1. The summed E-state index contributed by atoms with van der Waals surface area (Å²) in [6.45, 7) is 0.126. The standard InChI is InChI=1S/C23H18FN3O3/c1-27-20-10-3-2-9-18(20)19(13-21(27)28)22(29)26-14-15-6-5-11-25-23(15)30-17-8-4-7-16(24)12-17/h2-13H,14H2,1H3,(H,26,29). The van der Waals surface area contributed by atoms with Gasteiger partial charge in [0.15, 0.2) is 0 Å². The molecule has 7 heteroatoms. The summed E-state index contributed by atoms with van der Waals surface area (Å²) < 4.78 is 20.6. The summed E-state index contributed by atoms with van der Waals surface area (Å²) in [6, 6.07) is 17.7. The first-order valence-electron chi connectivity index (χ1n) is 9.27. The van der Waals surface area contributed by atoms with E-state index in [1.165, 1.54) is 28.8 Å². The summed E-state index contributed by atoms with van der Waals surface area (Å²) in [5.41, 5.74) is 1.32. The Morgan fingerprint density at radius 3 is 2.77 bits per heavy atom. The van der Waals surface area contributed by atoms with Crippen molar-refractivity contribution >= 4 is 16.8 Å². The largest absolute Gasteiger partial charge is 0.439 e. The summed E-state index contributed by atoms with van der Waals surface area (Å²) in [6.07, 6.45) is 1.55. The van der Waals surface area contributed by atoms with Crippen LogP contribution in [0, 0.1) is 5.82 Å². The summed E-state index contributed by atoms with van der Waals surface area (Å²) >= 11 is 0. The molecule has 0 aliphatic rings. The number of carbonyl (C=O) groups is 1. The second kappa shape index (κ2) is 8.16. The Morgan fingerprint density at radius 1 is 1.10 bits per heavy atom. The smallest absolute Gasteiger partial charge is 0.252 e. The number of hydrogen-bond acceptors (Lipinski definition) is 4. The normalized spacial score (nSPS) is 10.7. The Kier molecular flexibility index (Phi) is 5.26. The van der Waals surface area contributed by atoms with Gasteiger partial charge in [-0.05, 0) is 24.3 Å². The summed E-state index contributed by atoms with van der Waals surface area (Å²) in [5.74, 6) is -0.240. The highest BCUT2D eigenvalue weighted by molar-refractivity contribution is 6.06. The van der Waals surface area contributed by atoms with Crippen molar-refractivity contribution in [1.29, 1.82) is 0 Å². The van der Waals surface area contributed by atoms with Gasteiger partial charge in [-0.15, -0.1) is 0 Å². The second-order valence-corrected chi connectivity index (χ2v) is 6.68. The number of aryl methyl sites for hydroxylation is 1. The van der Waals surface area contributed by atoms with Gasteiger partial charge in [0.2, 0.25) is 5.88 Å². The number of carbonyl (C=O) groups excluding carboxylic acids is 1. The molecule has 0 atom stereocenters. The fraction of sp³-hybridized carbons (Fsp3) is 0.0870. The number of aromatic nitrogens is 2. The molecular formula is C23H18FN3O3. The van der Waals surface area contributed by atoms with Gasteiger partial charge >= 0.3 is 0 Å². The summed E-state index contributed by atoms with van der Waals surface area (Å²) in [5, 5.41) is 3.49. The van der Waals surface area contributed by atoms with E-state index in [0.29, 0.717) is 27.8 Å². The lowest BCUT2D eigenvalue weighted by Crippen LogP contribution is -2.26. The monoisotopic (exact) mass is 403 g/mol. The number of benzene rings is 2. The Bertz CT molecular complexity index is 1300. The highest BCUT2D eigenvalue weighted by atomic mass is 19.1. The molecule has 1 N–H and O–H groups in total. The fourth-order valence-corrected chi connectivity index (χ4v) is 3.16. The van der Waals surface area contributed by atoms with Crippen LogP contribution in [0.5, 0.6) is 11.6 Å². The van der Waals surface area contributed by atoms with Crippen molar-refractivity contribution in [3.05, 3.63) is 100 Å². The van der Waals surface area contributed by atoms with Gasteiger partial charge in [-0.3, -0.25) is 9.59 Å². The Morgan fingerprint density at radius 2 is 1.93 bits per heavy atom. The minimum absolute atomic E-state index is 0.126. The molecule has 6 nitrogen and oxygen atoms in total. The van der Waals surface area contributed by atoms with Crippen molar-refractivity contribution in [2.24, 2.45) is 7.05 Å². The summed E-state index contributed by atoms with van der Waals surface area (Å²) in [4.78, 5) is 29.3. The van der Waals surface area contributed by atoms with E-state index in [-0.39, 0.29) is 23.9 Å². The van der Waals surface area contributed by atoms with Crippen molar-refractivity contribution in [3.8, 4) is 11.6 Å². The molecule has 150 valence electrons. The van der Waals surface area contributed by atoms with Gasteiger partial charge in [0.1, 0.15) is 11.6 Å². The molecule has 30 heavy (non-hydrogen) atoms. The van der Waals surface area contributed by atoms with Gasteiger partial charge in [0, 0.05) is 42.9 Å². The first-order valence-corrected chi connectivity index (χ1v) is 9.27. The van der Waals surface area contributed by atoms with Crippen LogP contribution >= 0.6 is 0 Å². The first-order chi connectivity index (χ1) is 14.5. The molecule has 0 radical (unpaired) electrons. The van der Waals surface area contributed by atoms with E-state index in [9.17, 15) is 14.0 Å². The first kappa shape index (κ1) is 19.3. The molecule has 0 spiro atoms. The average molecular weight is 403 g/mol. The highest BCUT2D eigenvalue weighted by Crippen LogP contribution is 2.23. The molecule has 0 aliphatic carbocycles. The van der Waals surface area contributed by atoms with E-state index in [1.54, 1.807) is 43.6 Å². The number of pyridine rings is 2. The lowest BCUT2D eigenvalue weighted by Gasteiger charge is -2.12. The second-order valence-electron chi connectivity index (χ2n) is 6.68. The number of para-hydroxylation sites is 1. The van der Waals surface area contributed by atoms with Crippen LogP contribution in [-0.4, -0.2) is 15.5 Å². The minimum Gasteiger partial charge on any atom is -0.439 e. The zero-order valence-electron chi connectivity index (χ0n) is 16.1. The number of halogens is 1. The number of nitrogens with zero attached hydrogens (tertiary/aromatic N) is 2. The molecular weight excluding hydrogens is 385 g/mol. The molecule has 1 amide bonds. The van der Waals surface area contributed by atoms with Crippen LogP contribution < -0.4 is 15.6 Å². The number of nitrogens with one attached hydrogen (secondary N) is 1. The topological polar surface area (TPSA) is 73.2 Å². The maximum Gasteiger partial charge on any atom is 0.252 e. The van der Waals surface area contributed by atoms with Crippen LogP contribution in [0.15, 0.2) is 77.7 Å². The third kappa shape index (κ3) is 3.91. The molecule has 2 aromatic carbocycles. The minimum atomic E-state index is -0.421. The number of rotatable bonds is 5. The lowest BCUT2D eigenvalue weighted by molar-refractivity contribution is 0.0952. The molecule has 0 saturated heterocycles. The third-order valence-electron chi connectivity index (χ3n) is 4.70. The number of fused-ring (bicyclic) bond motifs is 1. The quantitative estimate of drug-likeness (QED) is 0.550. The van der Waals surface area contributed by atoms with E-state index in [4.69, 9.17) is 4.74 Å². The molecule has 0 unspecified atom stereocenters. The number of ether oxygens (including phenoxy) is 1. The highest BCUT2D eigenvalue weighted by Gasteiger charge is 2.14. The fourth-order valence-electron chi connectivity index (χ4n) is 3.16. The van der Waals surface area contributed by atoms with Crippen LogP contribution in [0.1, 0.15) is 15.9 Å². The zero-order valence-corrected chi connectivity index (χ0v) is 16.1. The van der Waals surface area contributed by atoms with Gasteiger partial charge in [0.25, 0.3) is 11.5 Å². The number of hydrogen-bond donors (Lipinski definition) is 1. The molecule has 0 bridgehead atoms. The van der Waals surface area contributed by atoms with Crippen LogP contribution in [0.3, 0.4) is 0 Å². The van der Waals surface area contributed by atoms with Crippen molar-refractivity contribution in [2.45, 2.75) is 6.54 Å². The van der Waals surface area contributed by atoms with Crippen molar-refractivity contribution in [1.82, 2.24) is 14.9 Å². The van der Waals surface area contributed by atoms with Gasteiger partial charge in [-0.2, -0.15) is 0 Å². The molecule has 0 saturated carbocycles. The SMILES string of the molecule is Cn1c(=O)cc(C(=O)NCc2cccnc2Oc2cccc(F)c2)c2ccccc21. The summed E-state index contributed by atoms with van der Waals surface area (Å²) in [7, 11) is 1.66. The van der Waals surface area contributed by atoms with Crippen molar-refractivity contribution < 1.29 is 13.9 Å². The van der Waals surface area contributed by atoms with Crippen LogP contribution in [0.2, 0.25) is 0 Å². The maximum atomic E-state index is 13.4. The molecule has 0 fully saturated rings. The van der Waals surface area contributed by atoms with Gasteiger partial charge < -0.3 is 14.6 Å². The molecule has 4 aromatic rings. The Labute approximate surface area is 171 Å². The lowest BCUT2D eigenvalue weighted by atomic mass is 10.1. The number of amides is 1. The van der Waals surface area contributed by atoms with Gasteiger partial charge in [0.05, 0.1) is 11.1 Å². The molecule has 0 aliphatic heterocycles. The van der Waals surface area contributed by atoms with E-state index in [0.717, 1.165) is 0 Å². The Hall–Kier alpha value is -4.00. The van der Waals surface area contributed by atoms with E-state index < -0.39 is 5.82 Å². The van der Waals surface area contributed by atoms with Crippen molar-refractivity contribution in [3.63, 3.8) is 0 Å². The van der Waals surface area contributed by atoms with E-state index >= 15 is 0 Å². The van der Waals surface area contributed by atoms with Crippen LogP contribution in [-0.2, 0) is 13.6 Å². The predicted molar refractivity (Wildman–Crippen MR) is 111 cm³/mol. The van der Waals surface area contributed by atoms with Gasteiger partial charge in [-0.25, -0.2) is 9.37 Å². The van der Waals surface area contributed by atoms with Crippen molar-refractivity contribution in [2.75, 3.05) is 0 Å². The third-order valence-corrected chi connectivity index (χ3v) is 4.70. The molecule has 2 heterocycles. The van der Waals surface area contributed by atoms with Crippen LogP contribution in [0.25, 0.3) is 10.9 Å². The van der Waals surface area contributed by atoms with Crippen LogP contribution in [0.4, 0.5) is 4.39 Å². The molecule has 4 rings (SSSR count). The predicted octanol–water partition coefficient (Wildman–Crippen LogP) is 3.79. The molecule has 2 aromatic heterocycles. The van der Waals surface area contributed by atoms with E-state index in [1.807, 2.05) is 12.1 Å².